The van der Waals surface area contributed by atoms with E-state index in [2.05, 4.69) is 38.4 Å². The third kappa shape index (κ3) is 2.60. The van der Waals surface area contributed by atoms with Crippen molar-refractivity contribution in [2.24, 2.45) is 0 Å². The van der Waals surface area contributed by atoms with Crippen molar-refractivity contribution in [3.05, 3.63) is 58.7 Å². The molecule has 3 aromatic rings. The molecule has 0 spiro atoms. The Kier molecular flexibility index (Phi) is 3.39. The third-order valence-corrected chi connectivity index (χ3v) is 3.78. The summed E-state index contributed by atoms with van der Waals surface area (Å²) in [5.74, 6) is 0. The van der Waals surface area contributed by atoms with Gasteiger partial charge in [0.2, 0.25) is 0 Å². The lowest BCUT2D eigenvalue weighted by atomic mass is 10.3. The normalized spacial score (nSPS) is 11.1. The molecule has 92 valence electrons. The minimum atomic E-state index is 0.826. The largest absolute Gasteiger partial charge is 0.311 e. The minimum Gasteiger partial charge on any atom is -0.311 e. The predicted octanol–water partition coefficient (Wildman–Crippen LogP) is 2.73. The Morgan fingerprint density at radius 3 is 3.06 bits per heavy atom. The number of nitrogens with zero attached hydrogens (tertiary/aromatic N) is 2. The summed E-state index contributed by atoms with van der Waals surface area (Å²) in [6.07, 6.45) is 5.19. The highest BCUT2D eigenvalue weighted by atomic mass is 32.1. The topological polar surface area (TPSA) is 29.3 Å². The van der Waals surface area contributed by atoms with Gasteiger partial charge in [0.25, 0.3) is 0 Å². The Hall–Kier alpha value is -1.65. The molecule has 4 heteroatoms. The summed E-state index contributed by atoms with van der Waals surface area (Å²) in [4.78, 5) is 5.98. The predicted molar refractivity (Wildman–Crippen MR) is 74.9 cm³/mol. The molecule has 0 unspecified atom stereocenters. The highest BCUT2D eigenvalue weighted by molar-refractivity contribution is 7.09. The SMILES string of the molecule is c1csc(CCNCc2cn3ccccc3n2)c1. The number of pyridine rings is 1. The molecule has 18 heavy (non-hydrogen) atoms. The first-order chi connectivity index (χ1) is 8.92. The van der Waals surface area contributed by atoms with E-state index in [0.29, 0.717) is 0 Å². The van der Waals surface area contributed by atoms with Crippen LogP contribution in [0.15, 0.2) is 48.1 Å². The van der Waals surface area contributed by atoms with Crippen LogP contribution in [0, 0.1) is 0 Å². The maximum absolute atomic E-state index is 4.55. The van der Waals surface area contributed by atoms with Gasteiger partial charge in [0.1, 0.15) is 5.65 Å². The lowest BCUT2D eigenvalue weighted by Gasteiger charge is -2.00. The number of nitrogens with one attached hydrogen (secondary N) is 1. The second kappa shape index (κ2) is 5.33. The molecule has 0 aliphatic carbocycles. The summed E-state index contributed by atoms with van der Waals surface area (Å²) in [5.41, 5.74) is 2.10. The zero-order valence-electron chi connectivity index (χ0n) is 10.0. The zero-order valence-corrected chi connectivity index (χ0v) is 10.9. The molecule has 0 aliphatic rings. The Morgan fingerprint density at radius 2 is 2.22 bits per heavy atom. The molecule has 0 atom stereocenters. The van der Waals surface area contributed by atoms with Crippen molar-refractivity contribution in [2.75, 3.05) is 6.54 Å². The fourth-order valence-electron chi connectivity index (χ4n) is 1.96. The molecule has 0 radical (unpaired) electrons. The maximum Gasteiger partial charge on any atom is 0.137 e. The third-order valence-electron chi connectivity index (χ3n) is 2.85. The Bertz CT molecular complexity index is 580. The summed E-state index contributed by atoms with van der Waals surface area (Å²) < 4.78 is 2.05. The molecule has 0 bridgehead atoms. The van der Waals surface area contributed by atoms with Crippen molar-refractivity contribution >= 4 is 17.0 Å². The van der Waals surface area contributed by atoms with E-state index in [9.17, 15) is 0 Å². The molecule has 0 aromatic carbocycles. The number of hydrogen-bond acceptors (Lipinski definition) is 3. The van der Waals surface area contributed by atoms with Gasteiger partial charge in [-0.15, -0.1) is 11.3 Å². The summed E-state index contributed by atoms with van der Waals surface area (Å²) in [7, 11) is 0. The van der Waals surface area contributed by atoms with Gasteiger partial charge < -0.3 is 9.72 Å². The van der Waals surface area contributed by atoms with Crippen LogP contribution in [0.1, 0.15) is 10.6 Å². The second-order valence-corrected chi connectivity index (χ2v) is 5.24. The van der Waals surface area contributed by atoms with Gasteiger partial charge in [-0.1, -0.05) is 12.1 Å². The van der Waals surface area contributed by atoms with E-state index in [1.54, 1.807) is 0 Å². The minimum absolute atomic E-state index is 0.826. The highest BCUT2D eigenvalue weighted by Gasteiger charge is 2.00. The standard InChI is InChI=1S/C14H15N3S/c1-2-8-17-11-12(16-14(17)5-1)10-15-7-6-13-4-3-9-18-13/h1-5,8-9,11,15H,6-7,10H2. The zero-order chi connectivity index (χ0) is 12.2. The number of imidazole rings is 1. The van der Waals surface area contributed by atoms with E-state index in [1.165, 1.54) is 4.88 Å². The molecule has 3 rings (SSSR count). The van der Waals surface area contributed by atoms with Gasteiger partial charge in [-0.2, -0.15) is 0 Å². The maximum atomic E-state index is 4.55. The Labute approximate surface area is 110 Å². The number of fused-ring (bicyclic) bond motifs is 1. The van der Waals surface area contributed by atoms with Gasteiger partial charge in [-0.3, -0.25) is 0 Å². The van der Waals surface area contributed by atoms with Crippen LogP contribution in [0.4, 0.5) is 0 Å². The molecular formula is C14H15N3S. The quantitative estimate of drug-likeness (QED) is 0.712. The Morgan fingerprint density at radius 1 is 1.22 bits per heavy atom. The number of rotatable bonds is 5. The van der Waals surface area contributed by atoms with Crippen LogP contribution in [-0.2, 0) is 13.0 Å². The molecule has 0 saturated heterocycles. The smallest absolute Gasteiger partial charge is 0.137 e. The molecule has 3 aromatic heterocycles. The molecule has 0 fully saturated rings. The van der Waals surface area contributed by atoms with E-state index in [4.69, 9.17) is 0 Å². The lowest BCUT2D eigenvalue weighted by molar-refractivity contribution is 0.681. The summed E-state index contributed by atoms with van der Waals surface area (Å²) in [5, 5.41) is 5.55. The fourth-order valence-corrected chi connectivity index (χ4v) is 2.66. The van der Waals surface area contributed by atoms with Gasteiger partial charge in [0.15, 0.2) is 0 Å². The van der Waals surface area contributed by atoms with Crippen molar-refractivity contribution in [3.63, 3.8) is 0 Å². The lowest BCUT2D eigenvalue weighted by Crippen LogP contribution is -2.16. The summed E-state index contributed by atoms with van der Waals surface area (Å²) in [6, 6.07) is 10.3. The van der Waals surface area contributed by atoms with Crippen molar-refractivity contribution in [1.29, 1.82) is 0 Å². The van der Waals surface area contributed by atoms with Crippen molar-refractivity contribution in [3.8, 4) is 0 Å². The van der Waals surface area contributed by atoms with Crippen LogP contribution in [0.25, 0.3) is 5.65 Å². The molecule has 3 heterocycles. The van der Waals surface area contributed by atoms with E-state index >= 15 is 0 Å². The van der Waals surface area contributed by atoms with Crippen LogP contribution in [-0.4, -0.2) is 15.9 Å². The average molecular weight is 257 g/mol. The van der Waals surface area contributed by atoms with E-state index in [1.807, 2.05) is 35.7 Å². The average Bonchev–Trinajstić information content (AvgIpc) is 3.03. The van der Waals surface area contributed by atoms with Gasteiger partial charge in [-0.25, -0.2) is 4.98 Å². The van der Waals surface area contributed by atoms with Crippen LogP contribution in [0.3, 0.4) is 0 Å². The summed E-state index contributed by atoms with van der Waals surface area (Å²) >= 11 is 1.81. The monoisotopic (exact) mass is 257 g/mol. The first-order valence-electron chi connectivity index (χ1n) is 6.07. The van der Waals surface area contributed by atoms with E-state index in [-0.39, 0.29) is 0 Å². The number of hydrogen-bond donors (Lipinski definition) is 1. The van der Waals surface area contributed by atoms with Gasteiger partial charge >= 0.3 is 0 Å². The van der Waals surface area contributed by atoms with Gasteiger partial charge in [-0.05, 0) is 30.0 Å². The first kappa shape index (κ1) is 11.4. The van der Waals surface area contributed by atoms with E-state index in [0.717, 1.165) is 30.9 Å². The molecule has 3 nitrogen and oxygen atoms in total. The molecule has 0 saturated carbocycles. The van der Waals surface area contributed by atoms with Gasteiger partial charge in [0, 0.05) is 30.4 Å². The first-order valence-corrected chi connectivity index (χ1v) is 6.95. The summed E-state index contributed by atoms with van der Waals surface area (Å²) in [6.45, 7) is 1.82. The molecular weight excluding hydrogens is 242 g/mol. The van der Waals surface area contributed by atoms with Crippen LogP contribution >= 0.6 is 11.3 Å². The number of aromatic nitrogens is 2. The van der Waals surface area contributed by atoms with Crippen LogP contribution in [0.2, 0.25) is 0 Å². The van der Waals surface area contributed by atoms with Crippen molar-refractivity contribution in [2.45, 2.75) is 13.0 Å². The fraction of sp³-hybridized carbons (Fsp3) is 0.214. The number of thiophene rings is 1. The molecule has 1 N–H and O–H groups in total. The Balaban J connectivity index is 1.53. The highest BCUT2D eigenvalue weighted by Crippen LogP contribution is 2.08. The second-order valence-electron chi connectivity index (χ2n) is 4.20. The van der Waals surface area contributed by atoms with Crippen molar-refractivity contribution < 1.29 is 0 Å². The van der Waals surface area contributed by atoms with Crippen LogP contribution < -0.4 is 5.32 Å². The molecule has 0 amide bonds. The molecule has 0 aliphatic heterocycles. The van der Waals surface area contributed by atoms with Gasteiger partial charge in [0.05, 0.1) is 5.69 Å². The van der Waals surface area contributed by atoms with E-state index < -0.39 is 0 Å². The van der Waals surface area contributed by atoms with Crippen molar-refractivity contribution in [1.82, 2.24) is 14.7 Å². The van der Waals surface area contributed by atoms with Crippen LogP contribution in [0.5, 0.6) is 0 Å².